The van der Waals surface area contributed by atoms with Gasteiger partial charge in [0.05, 0.1) is 0 Å². The topological polar surface area (TPSA) is 14.1 Å². The summed E-state index contributed by atoms with van der Waals surface area (Å²) in [7, 11) is 0. The molecular weight excluding hydrogens is 254 g/mol. The minimum absolute atomic E-state index is 1.24. The molecule has 1 rings (SSSR count). The summed E-state index contributed by atoms with van der Waals surface area (Å²) >= 11 is 0. The van der Waals surface area contributed by atoms with Crippen LogP contribution >= 0.6 is 0 Å². The molecule has 1 heteroatoms. The lowest BCUT2D eigenvalue weighted by Gasteiger charge is -2.03. The Labute approximate surface area is 132 Å². The molecule has 21 heavy (non-hydrogen) atoms. The van der Waals surface area contributed by atoms with Gasteiger partial charge in [0, 0.05) is 12.1 Å². The van der Waals surface area contributed by atoms with E-state index in [1.165, 1.54) is 95.5 Å². The Morgan fingerprint density at radius 2 is 1.05 bits per heavy atom. The summed E-state index contributed by atoms with van der Waals surface area (Å²) in [5.41, 5.74) is 1.47. The predicted octanol–water partition coefficient (Wildman–Crippen LogP) is 6.13. The Hall–Kier alpha value is -0.850. The number of nitrogens with one attached hydrogen (secondary N) is 1. The Balaban J connectivity index is 1.75. The quantitative estimate of drug-likeness (QED) is 0.366. The first-order valence-electron chi connectivity index (χ1n) is 9.38. The second-order valence-electron chi connectivity index (χ2n) is 6.40. The smallest absolute Gasteiger partial charge is 0.167 e. The Morgan fingerprint density at radius 3 is 1.52 bits per heavy atom. The minimum Gasteiger partial charge on any atom is -0.218 e. The second kappa shape index (κ2) is 14.1. The normalized spacial score (nSPS) is 10.9. The van der Waals surface area contributed by atoms with E-state index in [2.05, 4.69) is 24.0 Å². The molecule has 0 aliphatic carbocycles. The van der Waals surface area contributed by atoms with Crippen LogP contribution in [0.4, 0.5) is 0 Å². The maximum absolute atomic E-state index is 3.08. The Bertz CT molecular complexity index is 307. The number of pyridine rings is 1. The van der Waals surface area contributed by atoms with Gasteiger partial charge in [0.15, 0.2) is 12.4 Å². The van der Waals surface area contributed by atoms with Crippen LogP contribution in [0.15, 0.2) is 24.5 Å². The van der Waals surface area contributed by atoms with Crippen molar-refractivity contribution in [3.63, 3.8) is 0 Å². The molecule has 0 spiro atoms. The van der Waals surface area contributed by atoms with Crippen LogP contribution in [0.1, 0.15) is 96.0 Å². The van der Waals surface area contributed by atoms with Crippen LogP contribution in [-0.2, 0) is 6.42 Å². The summed E-state index contributed by atoms with van der Waals surface area (Å²) in [6.07, 6.45) is 23.9. The lowest BCUT2D eigenvalue weighted by Crippen LogP contribution is -1.98. The van der Waals surface area contributed by atoms with Crippen molar-refractivity contribution in [1.82, 2.24) is 0 Å². The van der Waals surface area contributed by atoms with Crippen LogP contribution in [0.25, 0.3) is 0 Å². The van der Waals surface area contributed by atoms with Crippen molar-refractivity contribution in [3.05, 3.63) is 30.1 Å². The largest absolute Gasteiger partial charge is 0.218 e. The third-order valence-electron chi connectivity index (χ3n) is 4.36. The van der Waals surface area contributed by atoms with E-state index in [1.54, 1.807) is 0 Å². The van der Waals surface area contributed by atoms with Crippen LogP contribution in [0.3, 0.4) is 0 Å². The zero-order chi connectivity index (χ0) is 15.0. The van der Waals surface area contributed by atoms with Gasteiger partial charge in [0.25, 0.3) is 0 Å². The van der Waals surface area contributed by atoms with Crippen LogP contribution in [-0.4, -0.2) is 0 Å². The zero-order valence-electron chi connectivity index (χ0n) is 14.2. The molecule has 0 bridgehead atoms. The van der Waals surface area contributed by atoms with E-state index in [0.29, 0.717) is 0 Å². The fraction of sp³-hybridized carbons (Fsp3) is 0.750. The number of aryl methyl sites for hydroxylation is 1. The first-order valence-corrected chi connectivity index (χ1v) is 9.38. The molecule has 0 saturated heterocycles. The molecule has 0 fully saturated rings. The highest BCUT2D eigenvalue weighted by atomic mass is 14.6. The minimum atomic E-state index is 1.24. The van der Waals surface area contributed by atoms with E-state index in [-0.39, 0.29) is 0 Å². The SMILES string of the molecule is CCCCCCCCCCCCCCCc1cc[nH+]cc1. The van der Waals surface area contributed by atoms with Crippen molar-refractivity contribution in [2.24, 2.45) is 0 Å². The number of aromatic nitrogens is 1. The summed E-state index contributed by atoms with van der Waals surface area (Å²) in [4.78, 5) is 3.08. The van der Waals surface area contributed by atoms with E-state index in [1.807, 2.05) is 12.4 Å². The Morgan fingerprint density at radius 1 is 0.619 bits per heavy atom. The van der Waals surface area contributed by atoms with Crippen molar-refractivity contribution in [3.8, 4) is 0 Å². The molecule has 1 aromatic heterocycles. The van der Waals surface area contributed by atoms with Gasteiger partial charge < -0.3 is 0 Å². The van der Waals surface area contributed by atoms with E-state index in [9.17, 15) is 0 Å². The van der Waals surface area contributed by atoms with Gasteiger partial charge in [-0.25, -0.2) is 4.98 Å². The molecule has 0 amide bonds. The third-order valence-corrected chi connectivity index (χ3v) is 4.36. The molecule has 120 valence electrons. The number of hydrogen-bond acceptors (Lipinski definition) is 0. The summed E-state index contributed by atoms with van der Waals surface area (Å²) in [5, 5.41) is 0. The molecule has 1 N–H and O–H groups in total. The molecule has 1 nitrogen and oxygen atoms in total. The first-order chi connectivity index (χ1) is 10.4. The molecule has 1 heterocycles. The van der Waals surface area contributed by atoms with E-state index in [0.717, 1.165) is 0 Å². The maximum Gasteiger partial charge on any atom is 0.167 e. The highest BCUT2D eigenvalue weighted by Gasteiger charge is 1.96. The highest BCUT2D eigenvalue weighted by Crippen LogP contribution is 2.13. The van der Waals surface area contributed by atoms with Crippen LogP contribution in [0, 0.1) is 0 Å². The van der Waals surface area contributed by atoms with Gasteiger partial charge in [-0.15, -0.1) is 0 Å². The van der Waals surface area contributed by atoms with E-state index < -0.39 is 0 Å². The zero-order valence-corrected chi connectivity index (χ0v) is 14.2. The fourth-order valence-electron chi connectivity index (χ4n) is 2.93. The number of H-pyrrole nitrogens is 1. The van der Waals surface area contributed by atoms with Gasteiger partial charge in [-0.2, -0.15) is 0 Å². The lowest BCUT2D eigenvalue weighted by atomic mass is 10.0. The highest BCUT2D eigenvalue weighted by molar-refractivity contribution is 5.06. The number of unbranched alkanes of at least 4 members (excludes halogenated alkanes) is 12. The van der Waals surface area contributed by atoms with Crippen molar-refractivity contribution < 1.29 is 4.98 Å². The maximum atomic E-state index is 3.08. The average Bonchev–Trinajstić information content (AvgIpc) is 2.53. The summed E-state index contributed by atoms with van der Waals surface area (Å²) in [6.45, 7) is 2.29. The molecule has 0 saturated carbocycles. The summed E-state index contributed by atoms with van der Waals surface area (Å²) in [6, 6.07) is 4.39. The van der Waals surface area contributed by atoms with Gasteiger partial charge in [-0.3, -0.25) is 0 Å². The van der Waals surface area contributed by atoms with Gasteiger partial charge in [0.1, 0.15) is 0 Å². The molecule has 0 unspecified atom stereocenters. The molecule has 0 aliphatic rings. The van der Waals surface area contributed by atoms with Gasteiger partial charge in [0.2, 0.25) is 0 Å². The van der Waals surface area contributed by atoms with Crippen LogP contribution in [0.2, 0.25) is 0 Å². The molecule has 0 aromatic carbocycles. The third kappa shape index (κ3) is 11.5. The van der Waals surface area contributed by atoms with Gasteiger partial charge >= 0.3 is 0 Å². The summed E-state index contributed by atoms with van der Waals surface area (Å²) in [5.74, 6) is 0. The predicted molar refractivity (Wildman–Crippen MR) is 92.4 cm³/mol. The molecule has 1 aromatic rings. The monoisotopic (exact) mass is 290 g/mol. The average molecular weight is 291 g/mol. The standard InChI is InChI=1S/C20H35N/c1-2-3-4-5-6-7-8-9-10-11-12-13-14-15-20-16-18-21-19-17-20/h16-19H,2-15H2,1H3/p+1. The van der Waals surface area contributed by atoms with Crippen molar-refractivity contribution in [1.29, 1.82) is 0 Å². The fourth-order valence-corrected chi connectivity index (χ4v) is 2.93. The van der Waals surface area contributed by atoms with Crippen molar-refractivity contribution in [2.75, 3.05) is 0 Å². The van der Waals surface area contributed by atoms with Crippen LogP contribution < -0.4 is 4.98 Å². The number of hydrogen-bond donors (Lipinski definition) is 0. The molecule has 0 radical (unpaired) electrons. The first kappa shape index (κ1) is 18.2. The van der Waals surface area contributed by atoms with Crippen LogP contribution in [0.5, 0.6) is 0 Å². The van der Waals surface area contributed by atoms with Gasteiger partial charge in [-0.1, -0.05) is 84.0 Å². The molecule has 0 atom stereocenters. The number of aromatic amines is 1. The van der Waals surface area contributed by atoms with Gasteiger partial charge in [-0.05, 0) is 18.4 Å². The Kier molecular flexibility index (Phi) is 12.2. The second-order valence-corrected chi connectivity index (χ2v) is 6.40. The lowest BCUT2D eigenvalue weighted by molar-refractivity contribution is -0.378. The van der Waals surface area contributed by atoms with E-state index >= 15 is 0 Å². The van der Waals surface area contributed by atoms with Crippen molar-refractivity contribution >= 4 is 0 Å². The number of rotatable bonds is 14. The summed E-state index contributed by atoms with van der Waals surface area (Å²) < 4.78 is 0. The van der Waals surface area contributed by atoms with E-state index in [4.69, 9.17) is 0 Å². The van der Waals surface area contributed by atoms with Crippen molar-refractivity contribution in [2.45, 2.75) is 96.8 Å². The molecular formula is C20H36N+. The molecule has 0 aliphatic heterocycles.